The van der Waals surface area contributed by atoms with E-state index in [1.165, 1.54) is 0 Å². The van der Waals surface area contributed by atoms with Crippen molar-refractivity contribution in [1.82, 2.24) is 9.78 Å². The molecule has 2 rings (SSSR count). The van der Waals surface area contributed by atoms with Crippen LogP contribution in [0.3, 0.4) is 0 Å². The number of aromatic nitrogens is 2. The molecule has 0 amide bonds. The Morgan fingerprint density at radius 2 is 2.00 bits per heavy atom. The van der Waals surface area contributed by atoms with Crippen LogP contribution in [0, 0.1) is 18.3 Å². The minimum atomic E-state index is 0.624. The largest absolute Gasteiger partial charge is 0.354 e. The molecule has 2 aromatic rings. The molecule has 0 saturated carbocycles. The van der Waals surface area contributed by atoms with Crippen LogP contribution in [0.25, 0.3) is 0 Å². The third-order valence-electron chi connectivity index (χ3n) is 3.00. The zero-order valence-corrected chi connectivity index (χ0v) is 11.9. The Bertz CT molecular complexity index is 622. The lowest BCUT2D eigenvalue weighted by atomic mass is 10.2. The summed E-state index contributed by atoms with van der Waals surface area (Å²) < 4.78 is 1.74. The lowest BCUT2D eigenvalue weighted by molar-refractivity contribution is 0.726. The molecule has 0 unspecified atom stereocenters. The SMILES string of the molecule is Cc1nn(C)c(N(C)Cc2ccc(Cl)cc2)c1C#N. The number of nitriles is 1. The van der Waals surface area contributed by atoms with E-state index in [0.717, 1.165) is 22.1 Å². The maximum Gasteiger partial charge on any atom is 0.145 e. The standard InChI is InChI=1S/C14H15ClN4/c1-10-13(8-16)14(19(3)17-10)18(2)9-11-4-6-12(15)7-5-11/h4-7H,9H2,1-3H3. The molecule has 0 aliphatic rings. The van der Waals surface area contributed by atoms with Gasteiger partial charge in [0.05, 0.1) is 5.69 Å². The average Bonchev–Trinajstić information content (AvgIpc) is 2.66. The molecule has 5 heteroatoms. The van der Waals surface area contributed by atoms with Crippen molar-refractivity contribution in [3.63, 3.8) is 0 Å². The summed E-state index contributed by atoms with van der Waals surface area (Å²) in [6.07, 6.45) is 0. The van der Waals surface area contributed by atoms with Crippen LogP contribution in [0.4, 0.5) is 5.82 Å². The molecule has 0 saturated heterocycles. The van der Waals surface area contributed by atoms with Gasteiger partial charge >= 0.3 is 0 Å². The Labute approximate surface area is 117 Å². The van der Waals surface area contributed by atoms with E-state index in [1.807, 2.05) is 50.2 Å². The van der Waals surface area contributed by atoms with Crippen LogP contribution in [-0.4, -0.2) is 16.8 Å². The Kier molecular flexibility index (Phi) is 3.77. The average molecular weight is 275 g/mol. The molecular weight excluding hydrogens is 260 g/mol. The Hall–Kier alpha value is -1.99. The molecule has 0 spiro atoms. The van der Waals surface area contributed by atoms with Crippen LogP contribution in [0.5, 0.6) is 0 Å². The number of rotatable bonds is 3. The lowest BCUT2D eigenvalue weighted by Crippen LogP contribution is -2.20. The molecule has 0 fully saturated rings. The van der Waals surface area contributed by atoms with E-state index in [9.17, 15) is 5.26 Å². The molecular formula is C14H15ClN4. The first-order valence-corrected chi connectivity index (χ1v) is 6.30. The van der Waals surface area contributed by atoms with E-state index in [0.29, 0.717) is 12.1 Å². The molecule has 98 valence electrons. The number of hydrogen-bond acceptors (Lipinski definition) is 3. The highest BCUT2D eigenvalue weighted by atomic mass is 35.5. The van der Waals surface area contributed by atoms with Crippen LogP contribution < -0.4 is 4.90 Å². The fourth-order valence-corrected chi connectivity index (χ4v) is 2.28. The first-order valence-electron chi connectivity index (χ1n) is 5.92. The smallest absolute Gasteiger partial charge is 0.145 e. The molecule has 1 aromatic carbocycles. The van der Waals surface area contributed by atoms with Crippen molar-refractivity contribution in [2.75, 3.05) is 11.9 Å². The zero-order chi connectivity index (χ0) is 14.0. The Morgan fingerprint density at radius 3 is 2.58 bits per heavy atom. The van der Waals surface area contributed by atoms with E-state index in [2.05, 4.69) is 11.2 Å². The van der Waals surface area contributed by atoms with Crippen molar-refractivity contribution in [3.05, 3.63) is 46.1 Å². The Balaban J connectivity index is 2.28. The summed E-state index contributed by atoms with van der Waals surface area (Å²) >= 11 is 5.87. The van der Waals surface area contributed by atoms with E-state index >= 15 is 0 Å². The normalized spacial score (nSPS) is 10.3. The quantitative estimate of drug-likeness (QED) is 0.864. The maximum atomic E-state index is 9.22. The van der Waals surface area contributed by atoms with E-state index < -0.39 is 0 Å². The summed E-state index contributed by atoms with van der Waals surface area (Å²) in [4.78, 5) is 2.02. The maximum absolute atomic E-state index is 9.22. The summed E-state index contributed by atoms with van der Waals surface area (Å²) in [5, 5.41) is 14.2. The van der Waals surface area contributed by atoms with Crippen molar-refractivity contribution in [3.8, 4) is 6.07 Å². The minimum Gasteiger partial charge on any atom is -0.354 e. The molecule has 1 aromatic heterocycles. The summed E-state index contributed by atoms with van der Waals surface area (Å²) in [7, 11) is 3.80. The van der Waals surface area contributed by atoms with Crippen molar-refractivity contribution in [1.29, 1.82) is 5.26 Å². The number of aryl methyl sites for hydroxylation is 2. The van der Waals surface area contributed by atoms with Gasteiger partial charge in [0.15, 0.2) is 0 Å². The highest BCUT2D eigenvalue weighted by Gasteiger charge is 2.16. The number of benzene rings is 1. The topological polar surface area (TPSA) is 44.9 Å². The molecule has 0 radical (unpaired) electrons. The zero-order valence-electron chi connectivity index (χ0n) is 11.2. The van der Waals surface area contributed by atoms with Crippen molar-refractivity contribution < 1.29 is 0 Å². The van der Waals surface area contributed by atoms with Gasteiger partial charge in [0.25, 0.3) is 0 Å². The summed E-state index contributed by atoms with van der Waals surface area (Å²) in [5.74, 6) is 0.829. The van der Waals surface area contributed by atoms with Gasteiger partial charge in [-0.2, -0.15) is 10.4 Å². The van der Waals surface area contributed by atoms with Crippen molar-refractivity contribution >= 4 is 17.4 Å². The van der Waals surface area contributed by atoms with Crippen LogP contribution in [0.1, 0.15) is 16.8 Å². The van der Waals surface area contributed by atoms with Gasteiger partial charge in [-0.25, -0.2) is 0 Å². The predicted molar refractivity (Wildman–Crippen MR) is 76.2 cm³/mol. The van der Waals surface area contributed by atoms with Crippen LogP contribution in [0.2, 0.25) is 5.02 Å². The third kappa shape index (κ3) is 2.72. The van der Waals surface area contributed by atoms with Crippen LogP contribution >= 0.6 is 11.6 Å². The predicted octanol–water partition coefficient (Wildman–Crippen LogP) is 2.89. The molecule has 0 atom stereocenters. The van der Waals surface area contributed by atoms with Crippen molar-refractivity contribution in [2.24, 2.45) is 7.05 Å². The summed E-state index contributed by atoms with van der Waals surface area (Å²) in [5.41, 5.74) is 2.51. The van der Waals surface area contributed by atoms with Gasteiger partial charge in [-0.3, -0.25) is 4.68 Å². The number of halogens is 1. The number of anilines is 1. The van der Waals surface area contributed by atoms with Gasteiger partial charge in [-0.05, 0) is 24.6 Å². The van der Waals surface area contributed by atoms with Crippen molar-refractivity contribution in [2.45, 2.75) is 13.5 Å². The number of hydrogen-bond donors (Lipinski definition) is 0. The monoisotopic (exact) mass is 274 g/mol. The molecule has 1 heterocycles. The van der Waals surface area contributed by atoms with E-state index in [-0.39, 0.29) is 0 Å². The Morgan fingerprint density at radius 1 is 1.37 bits per heavy atom. The second kappa shape index (κ2) is 5.33. The fourth-order valence-electron chi connectivity index (χ4n) is 2.15. The summed E-state index contributed by atoms with van der Waals surface area (Å²) in [6, 6.07) is 9.91. The number of nitrogens with zero attached hydrogens (tertiary/aromatic N) is 4. The van der Waals surface area contributed by atoms with Gasteiger partial charge in [0, 0.05) is 25.7 Å². The molecule has 0 bridgehead atoms. The highest BCUT2D eigenvalue weighted by molar-refractivity contribution is 6.30. The lowest BCUT2D eigenvalue weighted by Gasteiger charge is -2.19. The third-order valence-corrected chi connectivity index (χ3v) is 3.25. The second-order valence-electron chi connectivity index (χ2n) is 4.50. The van der Waals surface area contributed by atoms with Gasteiger partial charge in [-0.15, -0.1) is 0 Å². The molecule has 19 heavy (non-hydrogen) atoms. The molecule has 0 N–H and O–H groups in total. The molecule has 0 aliphatic carbocycles. The molecule has 4 nitrogen and oxygen atoms in total. The molecule has 0 aliphatic heterocycles. The van der Waals surface area contributed by atoms with E-state index in [4.69, 9.17) is 11.6 Å². The van der Waals surface area contributed by atoms with Crippen LogP contribution in [0.15, 0.2) is 24.3 Å². The van der Waals surface area contributed by atoms with Gasteiger partial charge in [0.2, 0.25) is 0 Å². The summed E-state index contributed by atoms with van der Waals surface area (Å²) in [6.45, 7) is 2.54. The van der Waals surface area contributed by atoms with Gasteiger partial charge in [-0.1, -0.05) is 23.7 Å². The van der Waals surface area contributed by atoms with E-state index in [1.54, 1.807) is 4.68 Å². The first kappa shape index (κ1) is 13.4. The highest BCUT2D eigenvalue weighted by Crippen LogP contribution is 2.23. The second-order valence-corrected chi connectivity index (χ2v) is 4.94. The van der Waals surface area contributed by atoms with Gasteiger partial charge < -0.3 is 4.90 Å². The fraction of sp³-hybridized carbons (Fsp3) is 0.286. The first-order chi connectivity index (χ1) is 9.02. The van der Waals surface area contributed by atoms with Crippen LogP contribution in [-0.2, 0) is 13.6 Å². The minimum absolute atomic E-state index is 0.624. The van der Waals surface area contributed by atoms with Gasteiger partial charge in [0.1, 0.15) is 17.5 Å².